The molecule has 1 amide bonds. The quantitative estimate of drug-likeness (QED) is 0.664. The van der Waals surface area contributed by atoms with E-state index in [-0.39, 0.29) is 17.2 Å². The lowest BCUT2D eigenvalue weighted by atomic mass is 9.90. The van der Waals surface area contributed by atoms with E-state index < -0.39 is 0 Å². The zero-order valence-electron chi connectivity index (χ0n) is 11.6. The molecule has 2 aliphatic carbocycles. The lowest BCUT2D eigenvalue weighted by Crippen LogP contribution is -2.22. The highest BCUT2D eigenvalue weighted by atomic mass is 79.9. The zero-order valence-corrected chi connectivity index (χ0v) is 13.2. The van der Waals surface area contributed by atoms with Crippen LogP contribution in [0.4, 0.5) is 0 Å². The van der Waals surface area contributed by atoms with Gasteiger partial charge in [-0.25, -0.2) is 5.43 Å². The Bertz CT molecular complexity index is 540. The molecule has 2 saturated carbocycles. The predicted octanol–water partition coefficient (Wildman–Crippen LogP) is 3.73. The van der Waals surface area contributed by atoms with Crippen molar-refractivity contribution >= 4 is 28.1 Å². The minimum absolute atomic E-state index is 0.0905. The molecular weight excluding hydrogens is 316 g/mol. The number of nitrogens with zero attached hydrogens (tertiary/aromatic N) is 1. The molecule has 0 bridgehead atoms. The summed E-state index contributed by atoms with van der Waals surface area (Å²) in [6.45, 7) is 2.25. The van der Waals surface area contributed by atoms with Gasteiger partial charge in [-0.15, -0.1) is 0 Å². The number of rotatable bonds is 3. The number of amides is 1. The first-order valence-electron chi connectivity index (χ1n) is 7.20. The summed E-state index contributed by atoms with van der Waals surface area (Å²) in [7, 11) is 0. The van der Waals surface area contributed by atoms with Gasteiger partial charge in [0.15, 0.2) is 0 Å². The Morgan fingerprint density at radius 3 is 2.80 bits per heavy atom. The fourth-order valence-electron chi connectivity index (χ4n) is 3.64. The summed E-state index contributed by atoms with van der Waals surface area (Å²) >= 11 is 3.39. The van der Waals surface area contributed by atoms with Crippen molar-refractivity contribution in [3.63, 3.8) is 0 Å². The lowest BCUT2D eigenvalue weighted by molar-refractivity contribution is -0.123. The van der Waals surface area contributed by atoms with Crippen LogP contribution >= 0.6 is 15.9 Å². The van der Waals surface area contributed by atoms with E-state index >= 15 is 0 Å². The summed E-state index contributed by atoms with van der Waals surface area (Å²) in [5.41, 5.74) is 3.93. The van der Waals surface area contributed by atoms with Crippen molar-refractivity contribution in [3.8, 4) is 0 Å². The van der Waals surface area contributed by atoms with Gasteiger partial charge in [0.2, 0.25) is 5.91 Å². The maximum Gasteiger partial charge on any atom is 0.244 e. The molecule has 0 heterocycles. The van der Waals surface area contributed by atoms with Crippen molar-refractivity contribution in [2.24, 2.45) is 22.4 Å². The Balaban J connectivity index is 1.56. The maximum atomic E-state index is 12.2. The van der Waals surface area contributed by atoms with Crippen LogP contribution in [0, 0.1) is 17.3 Å². The van der Waals surface area contributed by atoms with Gasteiger partial charge in [0, 0.05) is 10.4 Å². The number of nitrogens with one attached hydrogen (secondary N) is 1. The summed E-state index contributed by atoms with van der Waals surface area (Å²) in [5.74, 6) is 0.846. The normalized spacial score (nSPS) is 31.9. The number of hydrogen-bond acceptors (Lipinski definition) is 2. The molecule has 106 valence electrons. The van der Waals surface area contributed by atoms with E-state index in [9.17, 15) is 4.79 Å². The van der Waals surface area contributed by atoms with Crippen molar-refractivity contribution in [2.45, 2.75) is 32.6 Å². The van der Waals surface area contributed by atoms with Gasteiger partial charge in [-0.2, -0.15) is 5.10 Å². The first-order valence-corrected chi connectivity index (χ1v) is 7.99. The van der Waals surface area contributed by atoms with Gasteiger partial charge in [-0.1, -0.05) is 47.8 Å². The minimum atomic E-state index is 0.0905. The van der Waals surface area contributed by atoms with Crippen LogP contribution in [0.3, 0.4) is 0 Å². The van der Waals surface area contributed by atoms with Crippen molar-refractivity contribution in [1.82, 2.24) is 5.43 Å². The molecule has 3 nitrogen and oxygen atoms in total. The Labute approximate surface area is 128 Å². The summed E-state index contributed by atoms with van der Waals surface area (Å²) in [5, 5.41) is 4.08. The van der Waals surface area contributed by atoms with E-state index in [1.807, 2.05) is 24.3 Å². The number of hydrogen-bond donors (Lipinski definition) is 1. The second-order valence-corrected chi connectivity index (χ2v) is 7.04. The highest BCUT2D eigenvalue weighted by Gasteiger charge is 2.64. The van der Waals surface area contributed by atoms with Crippen LogP contribution in [0.5, 0.6) is 0 Å². The van der Waals surface area contributed by atoms with Crippen LogP contribution in [-0.2, 0) is 4.79 Å². The fraction of sp³-hybridized carbons (Fsp3) is 0.500. The van der Waals surface area contributed by atoms with Gasteiger partial charge >= 0.3 is 0 Å². The highest BCUT2D eigenvalue weighted by molar-refractivity contribution is 9.10. The summed E-state index contributed by atoms with van der Waals surface area (Å²) in [6.07, 6.45) is 6.61. The van der Waals surface area contributed by atoms with Crippen LogP contribution in [0.1, 0.15) is 38.2 Å². The number of benzene rings is 1. The third kappa shape index (κ3) is 2.53. The van der Waals surface area contributed by atoms with Gasteiger partial charge < -0.3 is 0 Å². The molecule has 3 rings (SSSR count). The number of halogens is 1. The van der Waals surface area contributed by atoms with Crippen LogP contribution in [0.15, 0.2) is 33.8 Å². The molecule has 1 N–H and O–H groups in total. The van der Waals surface area contributed by atoms with E-state index in [2.05, 4.69) is 33.4 Å². The van der Waals surface area contributed by atoms with Gasteiger partial charge in [-0.05, 0) is 41.9 Å². The number of carbonyl (C=O) groups excluding carboxylic acids is 1. The van der Waals surface area contributed by atoms with Crippen molar-refractivity contribution in [3.05, 3.63) is 34.3 Å². The Hall–Kier alpha value is -1.16. The van der Waals surface area contributed by atoms with Crippen molar-refractivity contribution < 1.29 is 4.79 Å². The molecule has 1 aromatic rings. The van der Waals surface area contributed by atoms with Crippen molar-refractivity contribution in [2.75, 3.05) is 0 Å². The fourth-order valence-corrected chi connectivity index (χ4v) is 3.90. The van der Waals surface area contributed by atoms with E-state index in [1.165, 1.54) is 25.7 Å². The zero-order chi connectivity index (χ0) is 14.2. The molecule has 20 heavy (non-hydrogen) atoms. The predicted molar refractivity (Wildman–Crippen MR) is 83.4 cm³/mol. The second-order valence-electron chi connectivity index (χ2n) is 6.12. The summed E-state index contributed by atoms with van der Waals surface area (Å²) < 4.78 is 1.04. The second kappa shape index (κ2) is 5.32. The van der Waals surface area contributed by atoms with Crippen LogP contribution in [0.2, 0.25) is 0 Å². The Kier molecular flexibility index (Phi) is 3.67. The van der Waals surface area contributed by atoms with Crippen LogP contribution < -0.4 is 5.43 Å². The molecule has 0 radical (unpaired) electrons. The van der Waals surface area contributed by atoms with Crippen LogP contribution in [-0.4, -0.2) is 12.1 Å². The minimum Gasteiger partial charge on any atom is -0.273 e. The molecule has 0 saturated heterocycles. The van der Waals surface area contributed by atoms with Gasteiger partial charge in [0.05, 0.1) is 6.21 Å². The Morgan fingerprint density at radius 2 is 2.15 bits per heavy atom. The topological polar surface area (TPSA) is 41.5 Å². The average Bonchev–Trinajstić information content (AvgIpc) is 3.06. The maximum absolute atomic E-state index is 12.2. The SMILES string of the molecule is C[C@@]12CCCC[C@@H]1[C@@H]2C(=O)N/N=C/c1ccc(Br)cc1. The smallest absolute Gasteiger partial charge is 0.244 e. The lowest BCUT2D eigenvalue weighted by Gasteiger charge is -2.15. The number of hydrazone groups is 1. The molecule has 2 aliphatic rings. The highest BCUT2D eigenvalue weighted by Crippen LogP contribution is 2.66. The molecule has 3 atom stereocenters. The third-order valence-electron chi connectivity index (χ3n) is 4.87. The average molecular weight is 335 g/mol. The number of fused-ring (bicyclic) bond motifs is 1. The van der Waals surface area contributed by atoms with E-state index in [1.54, 1.807) is 6.21 Å². The van der Waals surface area contributed by atoms with E-state index in [0.29, 0.717) is 5.92 Å². The Morgan fingerprint density at radius 1 is 1.40 bits per heavy atom. The largest absolute Gasteiger partial charge is 0.273 e. The molecule has 0 aromatic heterocycles. The first kappa shape index (κ1) is 13.8. The van der Waals surface area contributed by atoms with Gasteiger partial charge in [0.25, 0.3) is 0 Å². The first-order chi connectivity index (χ1) is 9.61. The molecule has 0 unspecified atom stereocenters. The summed E-state index contributed by atoms with van der Waals surface area (Å²) in [4.78, 5) is 12.2. The molecule has 2 fully saturated rings. The van der Waals surface area contributed by atoms with E-state index in [4.69, 9.17) is 0 Å². The molecular formula is C16H19BrN2O. The van der Waals surface area contributed by atoms with Crippen LogP contribution in [0.25, 0.3) is 0 Å². The summed E-state index contributed by atoms with van der Waals surface area (Å²) in [6, 6.07) is 7.83. The number of carbonyl (C=O) groups is 1. The molecule has 1 aromatic carbocycles. The molecule has 0 aliphatic heterocycles. The van der Waals surface area contributed by atoms with Crippen molar-refractivity contribution in [1.29, 1.82) is 0 Å². The van der Waals surface area contributed by atoms with E-state index in [0.717, 1.165) is 10.0 Å². The third-order valence-corrected chi connectivity index (χ3v) is 5.40. The standard InChI is InChI=1S/C16H19BrN2O/c1-16-9-3-2-4-13(16)14(16)15(20)19-18-10-11-5-7-12(17)8-6-11/h5-8,10,13-14H,2-4,9H2,1H3,(H,19,20)/b18-10+/t13-,14-,16-/m1/s1. The van der Waals surface area contributed by atoms with Gasteiger partial charge in [0.1, 0.15) is 0 Å². The monoisotopic (exact) mass is 334 g/mol. The van der Waals surface area contributed by atoms with Gasteiger partial charge in [-0.3, -0.25) is 4.79 Å². The molecule has 4 heteroatoms. The molecule has 0 spiro atoms.